The van der Waals surface area contributed by atoms with Crippen molar-refractivity contribution in [1.82, 2.24) is 0 Å². The van der Waals surface area contributed by atoms with Crippen molar-refractivity contribution in [3.8, 4) is 5.75 Å². The van der Waals surface area contributed by atoms with Crippen LogP contribution in [0.25, 0.3) is 0 Å². The minimum absolute atomic E-state index is 0.0500. The Morgan fingerprint density at radius 1 is 0.958 bits per heavy atom. The first-order chi connectivity index (χ1) is 23.5. The van der Waals surface area contributed by atoms with Gasteiger partial charge in [-0.1, -0.05) is 63.5 Å². The van der Waals surface area contributed by atoms with E-state index >= 15 is 0 Å². The van der Waals surface area contributed by atoms with Gasteiger partial charge in [0.2, 0.25) is 0 Å². The van der Waals surface area contributed by atoms with E-state index in [0.717, 1.165) is 64.2 Å². The number of aliphatic hydroxyl groups excluding tert-OH is 1. The molecule has 3 aliphatic rings. The van der Waals surface area contributed by atoms with Gasteiger partial charge in [-0.3, -0.25) is 0 Å². The number of ether oxygens (including phenoxy) is 7. The van der Waals surface area contributed by atoms with E-state index in [9.17, 15) is 9.90 Å². The summed E-state index contributed by atoms with van der Waals surface area (Å²) >= 11 is 0. The molecule has 2 heterocycles. The van der Waals surface area contributed by atoms with Crippen molar-refractivity contribution in [2.45, 2.75) is 134 Å². The highest BCUT2D eigenvalue weighted by atomic mass is 16.9. The molecule has 0 aromatic heterocycles. The van der Waals surface area contributed by atoms with Crippen LogP contribution >= 0.6 is 0 Å². The molecular weight excluding hydrogens is 612 g/mol. The number of allylic oxidation sites excluding steroid dienone is 2. The molecule has 0 radical (unpaired) electrons. The summed E-state index contributed by atoms with van der Waals surface area (Å²) in [5, 5.41) is 10.8. The monoisotopic (exact) mass is 670 g/mol. The normalized spacial score (nSPS) is 27.0. The number of rotatable bonds is 19. The van der Waals surface area contributed by atoms with Crippen LogP contribution in [0.2, 0.25) is 0 Å². The highest BCUT2D eigenvalue weighted by molar-refractivity contribution is 5.80. The number of hydrogen-bond donors (Lipinski definition) is 1. The van der Waals surface area contributed by atoms with Gasteiger partial charge in [-0.05, 0) is 101 Å². The van der Waals surface area contributed by atoms with Gasteiger partial charge >= 0.3 is 11.8 Å². The third kappa shape index (κ3) is 10.5. The van der Waals surface area contributed by atoms with E-state index < -0.39 is 36.2 Å². The molecule has 2 aliphatic heterocycles. The van der Waals surface area contributed by atoms with Crippen LogP contribution in [0.4, 0.5) is 0 Å². The van der Waals surface area contributed by atoms with Gasteiger partial charge in [0.05, 0.1) is 19.8 Å². The van der Waals surface area contributed by atoms with Crippen LogP contribution in [-0.4, -0.2) is 68.3 Å². The molecule has 0 spiro atoms. The molecule has 48 heavy (non-hydrogen) atoms. The molecule has 3 unspecified atom stereocenters. The third-order valence-corrected chi connectivity index (χ3v) is 9.35. The van der Waals surface area contributed by atoms with Crippen molar-refractivity contribution >= 4 is 5.97 Å². The maximum Gasteiger partial charge on any atom is 0.386 e. The zero-order chi connectivity index (χ0) is 34.1. The molecule has 1 aliphatic carbocycles. The molecule has 1 saturated carbocycles. The van der Waals surface area contributed by atoms with Crippen LogP contribution in [0, 0.1) is 11.8 Å². The molecule has 4 rings (SSSR count). The van der Waals surface area contributed by atoms with Gasteiger partial charge in [-0.25, -0.2) is 4.79 Å². The summed E-state index contributed by atoms with van der Waals surface area (Å²) in [4.78, 5) is 14.3. The Morgan fingerprint density at radius 2 is 1.67 bits per heavy atom. The van der Waals surface area contributed by atoms with Crippen LogP contribution in [0.3, 0.4) is 0 Å². The molecule has 2 saturated heterocycles. The lowest BCUT2D eigenvalue weighted by atomic mass is 9.91. The summed E-state index contributed by atoms with van der Waals surface area (Å²) in [5.74, 6) is -4.40. The second kappa shape index (κ2) is 20.2. The average molecular weight is 671 g/mol. The number of esters is 1. The van der Waals surface area contributed by atoms with Gasteiger partial charge in [-0.15, -0.1) is 5.73 Å². The van der Waals surface area contributed by atoms with E-state index in [1.165, 1.54) is 7.11 Å². The summed E-state index contributed by atoms with van der Waals surface area (Å²) in [7, 11) is 1.30. The second-order valence-corrected chi connectivity index (χ2v) is 13.0. The first-order valence-electron chi connectivity index (χ1n) is 18.3. The van der Waals surface area contributed by atoms with Gasteiger partial charge in [0, 0.05) is 19.3 Å². The molecular formula is C39H58O9. The summed E-state index contributed by atoms with van der Waals surface area (Å²) in [6, 6.07) is 9.02. The number of carbonyl (C=O) groups is 1. The van der Waals surface area contributed by atoms with E-state index in [2.05, 4.69) is 31.7 Å². The first kappa shape index (κ1) is 38.3. The molecule has 1 aromatic rings. The molecule has 9 nitrogen and oxygen atoms in total. The maximum atomic E-state index is 14.3. The number of aliphatic hydroxyl groups is 1. The van der Waals surface area contributed by atoms with Crippen LogP contribution in [0.1, 0.15) is 104 Å². The van der Waals surface area contributed by atoms with Crippen molar-refractivity contribution < 1.29 is 43.1 Å². The second-order valence-electron chi connectivity index (χ2n) is 13.0. The lowest BCUT2D eigenvalue weighted by Crippen LogP contribution is -2.68. The lowest BCUT2D eigenvalue weighted by Gasteiger charge is -2.47. The smallest absolute Gasteiger partial charge is 0.386 e. The van der Waals surface area contributed by atoms with Crippen molar-refractivity contribution in [1.29, 1.82) is 0 Å². The summed E-state index contributed by atoms with van der Waals surface area (Å²) < 4.78 is 44.5. The third-order valence-electron chi connectivity index (χ3n) is 9.35. The van der Waals surface area contributed by atoms with Crippen molar-refractivity contribution in [3.63, 3.8) is 0 Å². The molecule has 0 bridgehead atoms. The summed E-state index contributed by atoms with van der Waals surface area (Å²) in [6.45, 7) is 5.46. The fourth-order valence-electron chi connectivity index (χ4n) is 6.65. The van der Waals surface area contributed by atoms with E-state index in [4.69, 9.17) is 33.2 Å². The minimum atomic E-state index is -2.25. The Labute approximate surface area is 287 Å². The van der Waals surface area contributed by atoms with E-state index in [1.807, 2.05) is 24.3 Å². The van der Waals surface area contributed by atoms with Crippen LogP contribution in [-0.2, 0) is 33.2 Å². The van der Waals surface area contributed by atoms with Gasteiger partial charge < -0.3 is 38.3 Å². The van der Waals surface area contributed by atoms with Gasteiger partial charge in [0.25, 0.3) is 5.79 Å². The molecule has 3 fully saturated rings. The molecule has 0 amide bonds. The number of hydrogen-bond acceptors (Lipinski definition) is 9. The van der Waals surface area contributed by atoms with E-state index in [0.29, 0.717) is 44.6 Å². The largest absolute Gasteiger partial charge is 0.464 e. The Morgan fingerprint density at radius 3 is 2.27 bits per heavy atom. The zero-order valence-corrected chi connectivity index (χ0v) is 29.3. The number of benzene rings is 1. The van der Waals surface area contributed by atoms with Crippen molar-refractivity contribution in [2.24, 2.45) is 11.8 Å². The molecule has 1 aromatic carbocycles. The fourth-order valence-corrected chi connectivity index (χ4v) is 6.65. The SMILES string of the molecule is CC/C=C/[C@H]1CC[C@H](O)[C@@H]1CC=C=CC([16O]C1CCCCO1)([16O]C1CCCCO1)C(OCCCCCC)(Oc1ccccc1)C(=O)OC. The summed E-state index contributed by atoms with van der Waals surface area (Å²) in [6.07, 6.45) is 17.7. The van der Waals surface area contributed by atoms with Crippen LogP contribution in [0.15, 0.2) is 60.4 Å². The Hall–Kier alpha value is -2.49. The number of para-hydroxylation sites is 1. The Kier molecular flexibility index (Phi) is 16.2. The first-order valence-corrected chi connectivity index (χ1v) is 18.3. The molecule has 1 N–H and O–H groups in total. The molecule has 268 valence electrons. The number of unbranched alkanes of at least 4 members (excludes halogenated alkanes) is 3. The quantitative estimate of drug-likeness (QED) is 0.0520. The predicted octanol–water partition coefficient (Wildman–Crippen LogP) is 7.77. The average Bonchev–Trinajstić information content (AvgIpc) is 3.47. The van der Waals surface area contributed by atoms with E-state index in [-0.39, 0.29) is 18.4 Å². The van der Waals surface area contributed by atoms with Crippen LogP contribution < -0.4 is 4.74 Å². The maximum absolute atomic E-state index is 14.3. The number of carbonyl (C=O) groups excluding carboxylic acids is 1. The van der Waals surface area contributed by atoms with Gasteiger partial charge in [0.15, 0.2) is 12.6 Å². The highest BCUT2D eigenvalue weighted by Gasteiger charge is 2.66. The topological polar surface area (TPSA) is 102 Å². The zero-order valence-electron chi connectivity index (χ0n) is 29.3. The van der Waals surface area contributed by atoms with Gasteiger partial charge in [0.1, 0.15) is 5.75 Å². The van der Waals surface area contributed by atoms with Crippen LogP contribution in [0.5, 0.6) is 5.75 Å². The van der Waals surface area contributed by atoms with E-state index in [1.54, 1.807) is 18.2 Å². The Balaban J connectivity index is 1.83. The van der Waals surface area contributed by atoms with Gasteiger partial charge in [-0.2, -0.15) is 0 Å². The Bertz CT molecular complexity index is 1130. The standard InChI is InChI=1S/C39H58O9/c1-4-6-8-16-30-45-39(37(41)42-3,46-32-20-10-9-11-21-32)38(47-35-23-13-17-28-43-35,48-36-24-14-18-29-44-36)27-15-12-22-33-31(19-7-5-2)25-26-34(33)40/h7,9-12,19-21,27,31,33-36,40H,4-6,8,13-14,16-18,22-26,28-30H2,1-3H3/b19-7+/t15?,31-,33+,34-,35?,36?,38?,39?/m0/s1/i47+0,48+0. The van der Waals surface area contributed by atoms with Crippen molar-refractivity contribution in [3.05, 3.63) is 60.4 Å². The lowest BCUT2D eigenvalue weighted by molar-refractivity contribution is -0.417. The predicted molar refractivity (Wildman–Crippen MR) is 183 cm³/mol. The highest BCUT2D eigenvalue weighted by Crippen LogP contribution is 2.42. The number of methoxy groups -OCH3 is 1. The summed E-state index contributed by atoms with van der Waals surface area (Å²) in [5.41, 5.74) is 3.30. The minimum Gasteiger partial charge on any atom is -0.464 e. The molecule has 6 atom stereocenters. The fraction of sp³-hybridized carbons (Fsp3) is 0.692. The van der Waals surface area contributed by atoms with Crippen molar-refractivity contribution in [2.75, 3.05) is 26.9 Å². The molecule has 9 heteroatoms.